The molecule has 1 aliphatic carbocycles. The fourth-order valence-electron chi connectivity index (χ4n) is 4.80. The van der Waals surface area contributed by atoms with Crippen LogP contribution in [0.5, 0.6) is 0 Å². The second-order valence-corrected chi connectivity index (χ2v) is 9.73. The second kappa shape index (κ2) is 9.79. The molecular weight excluding hydrogens is 414 g/mol. The molecule has 168 valence electrons. The second-order valence-electron chi connectivity index (χ2n) is 8.03. The average molecular weight is 444 g/mol. The standard InChI is InChI=1S/C16H27N7O3S.CH2O2/c24-15(12-22-13-17-19-20-22)21-10-6-16(7-11-21)5-3-4-14(16)18-27(25,26)23-8-1-2-9-23;2-1-3/h13-14,18H,1-12H2;1H,(H,2,3). The minimum Gasteiger partial charge on any atom is -0.483 e. The normalized spacial score (nSPS) is 23.9. The first-order valence-electron chi connectivity index (χ1n) is 10.2. The number of carbonyl (C=O) groups excluding carboxylic acids is 1. The van der Waals surface area contributed by atoms with Gasteiger partial charge < -0.3 is 10.0 Å². The van der Waals surface area contributed by atoms with Crippen LogP contribution in [0.15, 0.2) is 6.33 Å². The molecule has 0 aromatic carbocycles. The van der Waals surface area contributed by atoms with Crippen LogP contribution in [0.4, 0.5) is 0 Å². The highest BCUT2D eigenvalue weighted by molar-refractivity contribution is 7.87. The molecular formula is C17H29N7O5S. The lowest BCUT2D eigenvalue weighted by molar-refractivity contribution is -0.134. The third-order valence-electron chi connectivity index (χ3n) is 6.40. The highest BCUT2D eigenvalue weighted by Crippen LogP contribution is 2.46. The molecule has 1 aromatic heterocycles. The molecule has 3 aliphatic rings. The van der Waals surface area contributed by atoms with Gasteiger partial charge in [-0.2, -0.15) is 17.4 Å². The summed E-state index contributed by atoms with van der Waals surface area (Å²) in [4.78, 5) is 22.7. The van der Waals surface area contributed by atoms with Crippen molar-refractivity contribution in [3.05, 3.63) is 6.33 Å². The predicted molar refractivity (Wildman–Crippen MR) is 105 cm³/mol. The molecule has 2 aliphatic heterocycles. The SMILES string of the molecule is O=C(Cn1cnnn1)N1CCC2(CCCC2NS(=O)(=O)N2CCCC2)CC1.O=CO. The highest BCUT2D eigenvalue weighted by atomic mass is 32.2. The fourth-order valence-corrected chi connectivity index (χ4v) is 6.41. The molecule has 1 unspecified atom stereocenters. The number of rotatable bonds is 5. The molecule has 0 bridgehead atoms. The van der Waals surface area contributed by atoms with E-state index in [4.69, 9.17) is 9.90 Å². The van der Waals surface area contributed by atoms with Crippen LogP contribution >= 0.6 is 0 Å². The van der Waals surface area contributed by atoms with Gasteiger partial charge in [0.1, 0.15) is 12.9 Å². The number of likely N-dealkylation sites (tertiary alicyclic amines) is 1. The van der Waals surface area contributed by atoms with Crippen molar-refractivity contribution in [1.82, 2.24) is 34.1 Å². The van der Waals surface area contributed by atoms with Gasteiger partial charge in [-0.1, -0.05) is 6.42 Å². The molecule has 1 spiro atoms. The van der Waals surface area contributed by atoms with Gasteiger partial charge >= 0.3 is 0 Å². The summed E-state index contributed by atoms with van der Waals surface area (Å²) in [5.41, 5.74) is -0.0294. The van der Waals surface area contributed by atoms with Gasteiger partial charge in [-0.05, 0) is 54.4 Å². The number of nitrogens with one attached hydrogen (secondary N) is 1. The van der Waals surface area contributed by atoms with Crippen LogP contribution in [0, 0.1) is 5.41 Å². The molecule has 12 nitrogen and oxygen atoms in total. The van der Waals surface area contributed by atoms with Crippen molar-refractivity contribution in [2.75, 3.05) is 26.2 Å². The van der Waals surface area contributed by atoms with Gasteiger partial charge in [0.25, 0.3) is 16.7 Å². The Bertz CT molecular complexity index is 802. The number of aromatic nitrogens is 4. The first-order valence-corrected chi connectivity index (χ1v) is 11.7. The van der Waals surface area contributed by atoms with Crippen LogP contribution in [0.3, 0.4) is 0 Å². The minimum absolute atomic E-state index is 0.00402. The summed E-state index contributed by atoms with van der Waals surface area (Å²) in [6.07, 6.45) is 7.92. The maximum atomic E-state index is 12.7. The van der Waals surface area contributed by atoms with Gasteiger partial charge in [-0.25, -0.2) is 4.68 Å². The maximum absolute atomic E-state index is 12.7. The Morgan fingerprint density at radius 1 is 1.17 bits per heavy atom. The minimum atomic E-state index is -3.41. The van der Waals surface area contributed by atoms with Gasteiger partial charge in [0, 0.05) is 32.2 Å². The number of carboxylic acid groups (broad SMARTS) is 1. The molecule has 30 heavy (non-hydrogen) atoms. The van der Waals surface area contributed by atoms with Crippen LogP contribution < -0.4 is 4.72 Å². The Hall–Kier alpha value is -2.12. The number of carbonyl (C=O) groups is 2. The average Bonchev–Trinajstić information content (AvgIpc) is 3.47. The Kier molecular flexibility index (Phi) is 7.36. The molecule has 3 fully saturated rings. The molecule has 0 radical (unpaired) electrons. The van der Waals surface area contributed by atoms with E-state index in [9.17, 15) is 13.2 Å². The smallest absolute Gasteiger partial charge is 0.290 e. The van der Waals surface area contributed by atoms with E-state index in [0.29, 0.717) is 26.2 Å². The number of piperidine rings is 1. The number of nitrogens with zero attached hydrogens (tertiary/aromatic N) is 6. The Morgan fingerprint density at radius 3 is 2.43 bits per heavy atom. The third kappa shape index (κ3) is 5.13. The van der Waals surface area contributed by atoms with Gasteiger partial charge in [0.2, 0.25) is 5.91 Å². The van der Waals surface area contributed by atoms with Crippen LogP contribution in [-0.4, -0.2) is 87.5 Å². The van der Waals surface area contributed by atoms with E-state index in [1.807, 2.05) is 4.90 Å². The number of amides is 1. The lowest BCUT2D eigenvalue weighted by Crippen LogP contribution is -2.53. The molecule has 4 rings (SSSR count). The van der Waals surface area contributed by atoms with Crippen LogP contribution in [-0.2, 0) is 26.3 Å². The van der Waals surface area contributed by atoms with E-state index < -0.39 is 10.2 Å². The van der Waals surface area contributed by atoms with E-state index in [1.165, 1.54) is 11.0 Å². The highest BCUT2D eigenvalue weighted by Gasteiger charge is 2.47. The van der Waals surface area contributed by atoms with E-state index in [0.717, 1.165) is 44.9 Å². The number of hydrogen-bond acceptors (Lipinski definition) is 7. The van der Waals surface area contributed by atoms with Crippen molar-refractivity contribution < 1.29 is 23.1 Å². The van der Waals surface area contributed by atoms with Crippen molar-refractivity contribution in [2.24, 2.45) is 5.41 Å². The monoisotopic (exact) mass is 443 g/mol. The largest absolute Gasteiger partial charge is 0.483 e. The van der Waals surface area contributed by atoms with E-state index in [2.05, 4.69) is 20.2 Å². The zero-order chi connectivity index (χ0) is 21.6. The third-order valence-corrected chi connectivity index (χ3v) is 8.03. The molecule has 1 saturated carbocycles. The van der Waals surface area contributed by atoms with Crippen molar-refractivity contribution in [3.8, 4) is 0 Å². The molecule has 1 atom stereocenters. The molecule has 13 heteroatoms. The quantitative estimate of drug-likeness (QED) is 0.576. The van der Waals surface area contributed by atoms with Gasteiger partial charge in [-0.3, -0.25) is 9.59 Å². The molecule has 1 aromatic rings. The Labute approximate surface area is 175 Å². The number of hydrogen-bond donors (Lipinski definition) is 2. The number of tetrazole rings is 1. The topological polar surface area (TPSA) is 151 Å². The summed E-state index contributed by atoms with van der Waals surface area (Å²) >= 11 is 0. The van der Waals surface area contributed by atoms with Crippen LogP contribution in [0.1, 0.15) is 44.9 Å². The lowest BCUT2D eigenvalue weighted by Gasteiger charge is -2.43. The maximum Gasteiger partial charge on any atom is 0.290 e. The zero-order valence-electron chi connectivity index (χ0n) is 16.9. The summed E-state index contributed by atoms with van der Waals surface area (Å²) in [5.74, 6) is 0.00402. The van der Waals surface area contributed by atoms with E-state index >= 15 is 0 Å². The van der Waals surface area contributed by atoms with Crippen molar-refractivity contribution in [3.63, 3.8) is 0 Å². The summed E-state index contributed by atoms with van der Waals surface area (Å²) in [7, 11) is -3.41. The summed E-state index contributed by atoms with van der Waals surface area (Å²) in [5, 5.41) is 17.7. The van der Waals surface area contributed by atoms with Crippen molar-refractivity contribution in [1.29, 1.82) is 0 Å². The van der Waals surface area contributed by atoms with E-state index in [-0.39, 0.29) is 30.4 Å². The predicted octanol–water partition coefficient (Wildman–Crippen LogP) is -0.535. The van der Waals surface area contributed by atoms with Crippen molar-refractivity contribution in [2.45, 2.75) is 57.5 Å². The fraction of sp³-hybridized carbons (Fsp3) is 0.824. The first kappa shape index (κ1) is 22.6. The van der Waals surface area contributed by atoms with Gasteiger partial charge in [0.05, 0.1) is 0 Å². The van der Waals surface area contributed by atoms with E-state index in [1.54, 1.807) is 4.31 Å². The first-order chi connectivity index (χ1) is 14.4. The summed E-state index contributed by atoms with van der Waals surface area (Å²) in [6, 6.07) is -0.0279. The van der Waals surface area contributed by atoms with Gasteiger partial charge in [0.15, 0.2) is 0 Å². The molecule has 2 saturated heterocycles. The summed E-state index contributed by atoms with van der Waals surface area (Å²) in [6.45, 7) is 2.44. The van der Waals surface area contributed by atoms with Gasteiger partial charge in [-0.15, -0.1) is 5.10 Å². The Balaban J connectivity index is 0.000000806. The zero-order valence-corrected chi connectivity index (χ0v) is 17.7. The lowest BCUT2D eigenvalue weighted by atomic mass is 9.74. The summed E-state index contributed by atoms with van der Waals surface area (Å²) < 4.78 is 31.4. The molecule has 3 heterocycles. The molecule has 2 N–H and O–H groups in total. The van der Waals surface area contributed by atoms with Crippen LogP contribution in [0.25, 0.3) is 0 Å². The Morgan fingerprint density at radius 2 is 1.83 bits per heavy atom. The van der Waals surface area contributed by atoms with Crippen molar-refractivity contribution >= 4 is 22.6 Å². The molecule has 1 amide bonds. The van der Waals surface area contributed by atoms with Crippen LogP contribution in [0.2, 0.25) is 0 Å².